The Morgan fingerprint density at radius 1 is 1.20 bits per heavy atom. The molecule has 0 bridgehead atoms. The van der Waals surface area contributed by atoms with Gasteiger partial charge in [-0.15, -0.1) is 0 Å². The van der Waals surface area contributed by atoms with Gasteiger partial charge < -0.3 is 9.69 Å². The minimum Gasteiger partial charge on any atom is -0.302 e. The average molecular weight is 273 g/mol. The summed E-state index contributed by atoms with van der Waals surface area (Å²) in [7, 11) is 0. The fourth-order valence-electron chi connectivity index (χ4n) is 3.12. The highest BCUT2D eigenvalue weighted by Crippen LogP contribution is 2.31. The largest absolute Gasteiger partial charge is 0.302 e. The van der Waals surface area contributed by atoms with E-state index in [0.717, 1.165) is 31.5 Å². The predicted octanol–water partition coefficient (Wildman–Crippen LogP) is 3.66. The van der Waals surface area contributed by atoms with Crippen molar-refractivity contribution in [3.05, 3.63) is 35.9 Å². The summed E-state index contributed by atoms with van der Waals surface area (Å²) in [5, 5.41) is 0. The van der Waals surface area contributed by atoms with Crippen molar-refractivity contribution in [1.29, 1.82) is 0 Å². The zero-order valence-corrected chi connectivity index (χ0v) is 13.1. The van der Waals surface area contributed by atoms with E-state index in [1.165, 1.54) is 19.3 Å². The van der Waals surface area contributed by atoms with Gasteiger partial charge in [-0.25, -0.2) is 0 Å². The number of carbonyl (C=O) groups is 1. The Labute approximate surface area is 123 Å². The van der Waals surface area contributed by atoms with Crippen LogP contribution in [0.5, 0.6) is 0 Å². The second kappa shape index (κ2) is 6.09. The Kier molecular flexibility index (Phi) is 4.64. The van der Waals surface area contributed by atoms with E-state index >= 15 is 0 Å². The molecule has 1 aromatic carbocycles. The molecule has 0 aliphatic carbocycles. The molecule has 2 heteroatoms. The first kappa shape index (κ1) is 15.2. The van der Waals surface area contributed by atoms with Gasteiger partial charge in [0.1, 0.15) is 6.29 Å². The Balaban J connectivity index is 2.08. The van der Waals surface area contributed by atoms with Gasteiger partial charge in [0.05, 0.1) is 5.41 Å². The lowest BCUT2D eigenvalue weighted by molar-refractivity contribution is -0.112. The van der Waals surface area contributed by atoms with Gasteiger partial charge in [-0.3, -0.25) is 0 Å². The first-order chi connectivity index (χ1) is 9.45. The molecule has 0 aromatic heterocycles. The van der Waals surface area contributed by atoms with Gasteiger partial charge in [-0.1, -0.05) is 44.2 Å². The molecule has 0 saturated carbocycles. The fourth-order valence-corrected chi connectivity index (χ4v) is 3.12. The standard InChI is InChI=1S/C18H27NO/c1-17(2)10-7-12-19(13-11-17)14-18(3,15-20)16-8-5-4-6-9-16/h4-6,8-9,15H,7,10-14H2,1-3H3. The lowest BCUT2D eigenvalue weighted by Gasteiger charge is -2.31. The third kappa shape index (κ3) is 3.69. The maximum Gasteiger partial charge on any atom is 0.131 e. The molecule has 1 atom stereocenters. The highest BCUT2D eigenvalue weighted by molar-refractivity contribution is 5.68. The van der Waals surface area contributed by atoms with Crippen LogP contribution < -0.4 is 0 Å². The van der Waals surface area contributed by atoms with Crippen LogP contribution in [-0.2, 0) is 10.2 Å². The summed E-state index contributed by atoms with van der Waals surface area (Å²) in [5.74, 6) is 0. The summed E-state index contributed by atoms with van der Waals surface area (Å²) < 4.78 is 0. The van der Waals surface area contributed by atoms with Crippen LogP contribution in [0.2, 0.25) is 0 Å². The van der Waals surface area contributed by atoms with Crippen LogP contribution in [0.25, 0.3) is 0 Å². The van der Waals surface area contributed by atoms with Crippen LogP contribution in [0.15, 0.2) is 30.3 Å². The van der Waals surface area contributed by atoms with Crippen LogP contribution in [0.1, 0.15) is 45.6 Å². The molecule has 1 saturated heterocycles. The van der Waals surface area contributed by atoms with Crippen LogP contribution in [-0.4, -0.2) is 30.8 Å². The number of hydrogen-bond acceptors (Lipinski definition) is 2. The number of nitrogens with zero attached hydrogens (tertiary/aromatic N) is 1. The molecular weight excluding hydrogens is 246 g/mol. The van der Waals surface area contributed by atoms with Gasteiger partial charge in [-0.2, -0.15) is 0 Å². The summed E-state index contributed by atoms with van der Waals surface area (Å²) in [5.41, 5.74) is 1.17. The van der Waals surface area contributed by atoms with Crippen molar-refractivity contribution in [2.75, 3.05) is 19.6 Å². The maximum atomic E-state index is 11.7. The van der Waals surface area contributed by atoms with E-state index in [2.05, 4.69) is 37.8 Å². The number of hydrogen-bond donors (Lipinski definition) is 0. The lowest BCUT2D eigenvalue weighted by Crippen LogP contribution is -2.40. The summed E-state index contributed by atoms with van der Waals surface area (Å²) in [4.78, 5) is 14.2. The predicted molar refractivity (Wildman–Crippen MR) is 83.9 cm³/mol. The minimum absolute atomic E-state index is 0.393. The third-order valence-electron chi connectivity index (χ3n) is 4.68. The highest BCUT2D eigenvalue weighted by atomic mass is 16.1. The number of aldehydes is 1. The van der Waals surface area contributed by atoms with Gasteiger partial charge in [0.2, 0.25) is 0 Å². The monoisotopic (exact) mass is 273 g/mol. The Hall–Kier alpha value is -1.15. The van der Waals surface area contributed by atoms with Gasteiger partial charge in [-0.05, 0) is 50.3 Å². The molecule has 1 aliphatic rings. The minimum atomic E-state index is -0.393. The van der Waals surface area contributed by atoms with Crippen molar-refractivity contribution >= 4 is 6.29 Å². The molecule has 2 nitrogen and oxygen atoms in total. The first-order valence-corrected chi connectivity index (χ1v) is 7.69. The summed E-state index contributed by atoms with van der Waals surface area (Å²) in [6.45, 7) is 9.81. The van der Waals surface area contributed by atoms with Crippen LogP contribution >= 0.6 is 0 Å². The lowest BCUT2D eigenvalue weighted by atomic mass is 9.83. The number of carbonyl (C=O) groups excluding carboxylic acids is 1. The third-order valence-corrected chi connectivity index (χ3v) is 4.68. The molecule has 2 rings (SSSR count). The molecule has 1 unspecified atom stereocenters. The molecule has 1 fully saturated rings. The van der Waals surface area contributed by atoms with Gasteiger partial charge in [0.15, 0.2) is 0 Å². The second-order valence-corrected chi connectivity index (χ2v) is 7.20. The topological polar surface area (TPSA) is 20.3 Å². The second-order valence-electron chi connectivity index (χ2n) is 7.20. The Bertz CT molecular complexity index is 440. The smallest absolute Gasteiger partial charge is 0.131 e. The number of rotatable bonds is 4. The van der Waals surface area contributed by atoms with E-state index in [4.69, 9.17) is 0 Å². The van der Waals surface area contributed by atoms with Crippen LogP contribution in [0.4, 0.5) is 0 Å². The van der Waals surface area contributed by atoms with Crippen molar-refractivity contribution in [1.82, 2.24) is 4.90 Å². The Morgan fingerprint density at radius 2 is 1.90 bits per heavy atom. The molecule has 0 amide bonds. The quantitative estimate of drug-likeness (QED) is 0.780. The molecule has 1 aliphatic heterocycles. The van der Waals surface area contributed by atoms with Crippen molar-refractivity contribution in [3.63, 3.8) is 0 Å². The van der Waals surface area contributed by atoms with Crippen molar-refractivity contribution < 1.29 is 4.79 Å². The van der Waals surface area contributed by atoms with Gasteiger partial charge in [0, 0.05) is 6.54 Å². The van der Waals surface area contributed by atoms with Crippen molar-refractivity contribution in [2.45, 2.75) is 45.4 Å². The zero-order valence-electron chi connectivity index (χ0n) is 13.1. The van der Waals surface area contributed by atoms with Crippen LogP contribution in [0, 0.1) is 5.41 Å². The summed E-state index contributed by atoms with van der Waals surface area (Å²) >= 11 is 0. The summed E-state index contributed by atoms with van der Waals surface area (Å²) in [6, 6.07) is 10.2. The number of likely N-dealkylation sites (tertiary alicyclic amines) is 1. The number of benzene rings is 1. The van der Waals surface area contributed by atoms with Gasteiger partial charge in [0.25, 0.3) is 0 Å². The van der Waals surface area contributed by atoms with E-state index in [0.29, 0.717) is 5.41 Å². The van der Waals surface area contributed by atoms with E-state index in [1.807, 2.05) is 18.2 Å². The van der Waals surface area contributed by atoms with E-state index in [1.54, 1.807) is 0 Å². The molecular formula is C18H27NO. The van der Waals surface area contributed by atoms with E-state index < -0.39 is 5.41 Å². The summed E-state index contributed by atoms with van der Waals surface area (Å²) in [6.07, 6.45) is 4.86. The van der Waals surface area contributed by atoms with Crippen molar-refractivity contribution in [3.8, 4) is 0 Å². The van der Waals surface area contributed by atoms with E-state index in [-0.39, 0.29) is 0 Å². The SMILES string of the molecule is CC1(C)CCCN(CC(C)(C=O)c2ccccc2)CC1. The van der Waals surface area contributed by atoms with Crippen LogP contribution in [0.3, 0.4) is 0 Å². The molecule has 1 aromatic rings. The molecule has 20 heavy (non-hydrogen) atoms. The molecule has 0 N–H and O–H groups in total. The molecule has 1 heterocycles. The highest BCUT2D eigenvalue weighted by Gasteiger charge is 2.31. The Morgan fingerprint density at radius 3 is 2.55 bits per heavy atom. The molecule has 0 spiro atoms. The van der Waals surface area contributed by atoms with E-state index in [9.17, 15) is 4.79 Å². The fraction of sp³-hybridized carbons (Fsp3) is 0.611. The first-order valence-electron chi connectivity index (χ1n) is 7.69. The zero-order chi connectivity index (χ0) is 14.6. The van der Waals surface area contributed by atoms with Gasteiger partial charge >= 0.3 is 0 Å². The molecule has 110 valence electrons. The maximum absolute atomic E-state index is 11.7. The van der Waals surface area contributed by atoms with Crippen molar-refractivity contribution in [2.24, 2.45) is 5.41 Å². The normalized spacial score (nSPS) is 22.8. The molecule has 0 radical (unpaired) electrons. The average Bonchev–Trinajstić information content (AvgIpc) is 2.61.